The number of quaternary nitrogens is 2. The first-order valence-corrected chi connectivity index (χ1v) is 45.5. The molecule has 1 radical (unpaired) electrons. The second-order valence-electron chi connectivity index (χ2n) is 29.4. The van der Waals surface area contributed by atoms with E-state index in [4.69, 9.17) is 37.0 Å². The molecule has 0 bridgehead atoms. The zero-order chi connectivity index (χ0) is 82.1. The summed E-state index contributed by atoms with van der Waals surface area (Å²) in [6, 6.07) is 0. The van der Waals surface area contributed by atoms with Crippen LogP contribution in [0.15, 0.2) is 0 Å². The number of unbranched alkanes of at least 4 members (excludes halogenated alkanes) is 40. The molecule has 0 heterocycles. The van der Waals surface area contributed by atoms with Gasteiger partial charge in [0.1, 0.15) is 13.2 Å². The molecule has 0 aromatic heterocycles. The Morgan fingerprint density at radius 3 is 0.772 bits per heavy atom. The first-order valence-electron chi connectivity index (χ1n) is 42.6. The fraction of sp³-hybridized carbons (Fsp3) is 0.887. The molecular weight excluding hydrogens is 1660 g/mol. The van der Waals surface area contributed by atoms with Crippen LogP contribution in [0.2, 0.25) is 0 Å². The van der Waals surface area contributed by atoms with Crippen molar-refractivity contribution >= 4 is 69.2 Å². The van der Waals surface area contributed by atoms with Gasteiger partial charge in [0.15, 0.2) is 12.2 Å². The van der Waals surface area contributed by atoms with Gasteiger partial charge < -0.3 is 99.5 Å². The average Bonchev–Trinajstić information content (AvgIpc) is 0.916. The predicted octanol–water partition coefficient (Wildman–Crippen LogP) is 10.8. The maximum absolute atomic E-state index is 13.1. The number of phosphoric ester groups is 2. The number of nitrogens with one attached hydrogen (secondary N) is 2. The number of carbonyl (C=O) groups is 9. The fourth-order valence-electron chi connectivity index (χ4n) is 12.4. The quantitative estimate of drug-likeness (QED) is 0.0190. The zero-order valence-electron chi connectivity index (χ0n) is 71.0. The minimum atomic E-state index is -5.13. The number of phosphoric acid groups is 2. The van der Waals surface area contributed by atoms with Crippen LogP contribution in [0.4, 0.5) is 0 Å². The maximum atomic E-state index is 13.1. The summed E-state index contributed by atoms with van der Waals surface area (Å²) in [7, 11) is -10.3. The molecule has 0 fully saturated rings. The van der Waals surface area contributed by atoms with E-state index in [2.05, 4.69) is 38.3 Å². The molecule has 0 rings (SSSR count). The Kier molecular flexibility index (Phi) is 84.0. The van der Waals surface area contributed by atoms with Crippen LogP contribution in [-0.4, -0.2) is 192 Å². The van der Waals surface area contributed by atoms with Crippen LogP contribution in [0.5, 0.6) is 0 Å². The minimum absolute atomic E-state index is 0. The molecule has 2 amide bonds. The van der Waals surface area contributed by atoms with Crippen molar-refractivity contribution in [2.24, 2.45) is 0 Å². The van der Waals surface area contributed by atoms with E-state index in [-0.39, 0.29) is 104 Å². The number of nitrogens with zero attached hydrogens (tertiary/aromatic N) is 3. The smallest absolute Gasteiger partial charge is 0.756 e. The summed E-state index contributed by atoms with van der Waals surface area (Å²) in [5.74, 6) is -8.75. The Bertz CT molecular complexity index is 2350. The molecule has 10 N–H and O–H groups in total. The second kappa shape index (κ2) is 81.9. The van der Waals surface area contributed by atoms with Crippen LogP contribution in [0.3, 0.4) is 0 Å². The summed E-state index contributed by atoms with van der Waals surface area (Å²) in [5, 5.41) is 40.2. The van der Waals surface area contributed by atoms with E-state index in [9.17, 15) is 77.4 Å². The van der Waals surface area contributed by atoms with Gasteiger partial charge >= 0.3 is 63.8 Å². The van der Waals surface area contributed by atoms with Crippen molar-refractivity contribution in [2.75, 3.05) is 112 Å². The SMILES string of the molecule is CCCCCCCCCCCCCC(=O)OC[C@H](COP(=O)([O-])OCCNC(=O)CN(CCN(CCN(CC(=O)[O-])CC(=O)NCCOP(=O)([O-])OC[C@@H](COC(=O)CCCCCCCCCCCCC)OC(=O)CCCCCCCCCCCCC)CC(=O)[O-])CC(=O)[O-])OC(=O)CCCCCCCCCCCCC.[Gd+3].[NH4+].[NH4+]. The molecule has 0 aliphatic heterocycles. The van der Waals surface area contributed by atoms with Crippen molar-refractivity contribution in [2.45, 2.75) is 348 Å². The van der Waals surface area contributed by atoms with Crippen LogP contribution >= 0.6 is 15.6 Å². The largest absolute Gasteiger partial charge is 3.00 e. The Hall–Kier alpha value is -3.43. The Balaban J connectivity index is -0.0000202. The molecule has 31 nitrogen and oxygen atoms in total. The van der Waals surface area contributed by atoms with E-state index in [1.54, 1.807) is 0 Å². The van der Waals surface area contributed by atoms with Crippen LogP contribution < -0.4 is 48.0 Å². The van der Waals surface area contributed by atoms with Gasteiger partial charge in [0.25, 0.3) is 15.6 Å². The monoisotopic (exact) mass is 1820 g/mol. The molecule has 0 aromatic rings. The average molecular weight is 1820 g/mol. The Morgan fingerprint density at radius 2 is 0.526 bits per heavy atom. The Morgan fingerprint density at radius 1 is 0.307 bits per heavy atom. The topological polar surface area (TPSA) is 484 Å². The third-order valence-electron chi connectivity index (χ3n) is 18.8. The number of hydrogen-bond donors (Lipinski definition) is 4. The molecule has 0 saturated heterocycles. The number of carbonyl (C=O) groups excluding carboxylic acids is 9. The van der Waals surface area contributed by atoms with E-state index in [0.29, 0.717) is 25.7 Å². The van der Waals surface area contributed by atoms with Gasteiger partial charge in [0.05, 0.1) is 57.4 Å². The summed E-state index contributed by atoms with van der Waals surface area (Å²) < 4.78 is 67.6. The third kappa shape index (κ3) is 81.0. The molecule has 0 spiro atoms. The number of carboxylic acid groups (broad SMARTS) is 3. The molecule has 4 atom stereocenters. The fourth-order valence-corrected chi connectivity index (χ4v) is 13.9. The first kappa shape index (κ1) is 117. The molecule has 0 saturated carbocycles. The number of carboxylic acids is 3. The molecule has 2 unspecified atom stereocenters. The standard InChI is InChI=1S/C80H151N5O24P2.Gd.2H3N/c1-5-9-13-17-21-25-29-33-37-41-45-49-77(94)102-66-70(108-79(96)51-47-43-39-35-31-27-23-19-15-11-7-3)68-106-110(98,99)104-59-53-81-72(86)61-84(64-75(90)91)57-55-83(63-74(88)89)56-58-85(65-76(92)93)62-73(87)82-54-60-105-111(100,101)107-69-71(109-80(97)52-48-44-40-36-32-28-24-20-16-12-8-4)67-103-78(95)50-46-42-38-34-30-26-22-18-14-10-6-2;;;/h70-71H,5-69H2,1-4H3,(H,81,86)(H,82,87)(H,88,89)(H,90,91)(H,92,93)(H,98,99)(H,100,101);;2*1H3/q;+3;;/p-3/t70-,71-;;;/m1.../s1. The molecular formula is C80H154GdN7O24P2. The summed E-state index contributed by atoms with van der Waals surface area (Å²) >= 11 is 0. The van der Waals surface area contributed by atoms with Crippen molar-refractivity contribution in [1.29, 1.82) is 0 Å². The normalized spacial score (nSPS) is 12.9. The molecule has 0 aliphatic rings. The van der Waals surface area contributed by atoms with Crippen molar-refractivity contribution in [1.82, 2.24) is 37.6 Å². The van der Waals surface area contributed by atoms with E-state index >= 15 is 0 Å². The number of amides is 2. The summed E-state index contributed by atoms with van der Waals surface area (Å²) in [4.78, 5) is 142. The first-order chi connectivity index (χ1) is 53.4. The number of ether oxygens (including phenoxy) is 4. The third-order valence-corrected chi connectivity index (χ3v) is 20.8. The van der Waals surface area contributed by atoms with Gasteiger partial charge in [0.2, 0.25) is 11.8 Å². The minimum Gasteiger partial charge on any atom is -0.756 e. The second-order valence-corrected chi connectivity index (χ2v) is 32.2. The zero-order valence-corrected chi connectivity index (χ0v) is 75.1. The van der Waals surface area contributed by atoms with Crippen LogP contribution in [0.1, 0.15) is 336 Å². The van der Waals surface area contributed by atoms with Crippen molar-refractivity contribution in [3.05, 3.63) is 0 Å². The van der Waals surface area contributed by atoms with E-state index in [1.807, 2.05) is 0 Å². The summed E-state index contributed by atoms with van der Waals surface area (Å²) in [5.41, 5.74) is 0. The van der Waals surface area contributed by atoms with Gasteiger partial charge in [-0.2, -0.15) is 0 Å². The number of rotatable bonds is 84. The number of esters is 4. The van der Waals surface area contributed by atoms with Crippen LogP contribution in [0.25, 0.3) is 0 Å². The van der Waals surface area contributed by atoms with Crippen molar-refractivity contribution in [3.63, 3.8) is 0 Å². The van der Waals surface area contributed by atoms with Gasteiger partial charge in [0, 0.05) is 84.6 Å². The summed E-state index contributed by atoms with van der Waals surface area (Å²) in [6.07, 6.45) is 45.5. The molecule has 114 heavy (non-hydrogen) atoms. The summed E-state index contributed by atoms with van der Waals surface area (Å²) in [6.45, 7) is -0.565. The Labute approximate surface area is 716 Å². The van der Waals surface area contributed by atoms with Gasteiger partial charge in [-0.3, -0.25) is 52.6 Å². The van der Waals surface area contributed by atoms with Crippen molar-refractivity contribution in [3.8, 4) is 0 Å². The van der Waals surface area contributed by atoms with Crippen molar-refractivity contribution < 1.29 is 154 Å². The number of aliphatic carboxylic acids is 3. The van der Waals surface area contributed by atoms with Gasteiger partial charge in [-0.25, -0.2) is 0 Å². The van der Waals surface area contributed by atoms with Gasteiger partial charge in [-0.1, -0.05) is 285 Å². The van der Waals surface area contributed by atoms with E-state index in [0.717, 1.165) is 113 Å². The molecule has 0 aromatic carbocycles. The molecule has 671 valence electrons. The molecule has 34 heteroatoms. The van der Waals surface area contributed by atoms with E-state index < -0.39 is 167 Å². The predicted molar refractivity (Wildman–Crippen MR) is 427 cm³/mol. The van der Waals surface area contributed by atoms with Crippen LogP contribution in [-0.2, 0) is 89.3 Å². The molecule has 0 aliphatic carbocycles. The maximum Gasteiger partial charge on any atom is 3.00 e. The number of hydrogen-bond acceptors (Lipinski definition) is 27. The van der Waals surface area contributed by atoms with Gasteiger partial charge in [-0.15, -0.1) is 0 Å². The van der Waals surface area contributed by atoms with E-state index in [1.165, 1.54) is 159 Å². The van der Waals surface area contributed by atoms with Gasteiger partial charge in [-0.05, 0) is 25.7 Å². The van der Waals surface area contributed by atoms with Crippen LogP contribution in [0, 0.1) is 39.9 Å².